The van der Waals surface area contributed by atoms with Crippen molar-refractivity contribution in [3.63, 3.8) is 0 Å². The van der Waals surface area contributed by atoms with Gasteiger partial charge in [-0.2, -0.15) is 0 Å². The van der Waals surface area contributed by atoms with Crippen molar-refractivity contribution in [3.05, 3.63) is 41.6 Å². The van der Waals surface area contributed by atoms with Crippen molar-refractivity contribution in [1.29, 1.82) is 0 Å². The zero-order valence-electron chi connectivity index (χ0n) is 17.7. The SMILES string of the molecule is [2H]C([2H])([2H])N1C[C@@H](NC(=O)N(CC)CC)C=C2c3cccc4[nH]cc(c34)CC21. The monoisotopic (exact) mass is 341 g/mol. The number of H-pyrrole nitrogens is 1. The van der Waals surface area contributed by atoms with Gasteiger partial charge < -0.3 is 15.2 Å². The van der Waals surface area contributed by atoms with Crippen molar-refractivity contribution < 1.29 is 8.91 Å². The number of rotatable bonds is 3. The number of benzene rings is 1. The van der Waals surface area contributed by atoms with Crippen molar-refractivity contribution in [2.75, 3.05) is 26.6 Å². The molecule has 0 spiro atoms. The molecular formula is C20H26N4O. The summed E-state index contributed by atoms with van der Waals surface area (Å²) in [5, 5.41) is 4.18. The van der Waals surface area contributed by atoms with E-state index in [1.165, 1.54) is 0 Å². The third-order valence-electron chi connectivity index (χ3n) is 5.38. The van der Waals surface area contributed by atoms with Gasteiger partial charge in [0.15, 0.2) is 0 Å². The fourth-order valence-corrected chi connectivity index (χ4v) is 4.09. The van der Waals surface area contributed by atoms with E-state index in [9.17, 15) is 4.79 Å². The van der Waals surface area contributed by atoms with Gasteiger partial charge in [-0.25, -0.2) is 4.79 Å². The van der Waals surface area contributed by atoms with E-state index in [1.807, 2.05) is 38.2 Å². The van der Waals surface area contributed by atoms with Crippen molar-refractivity contribution >= 4 is 22.5 Å². The van der Waals surface area contributed by atoms with E-state index < -0.39 is 6.98 Å². The van der Waals surface area contributed by atoms with Gasteiger partial charge in [-0.05, 0) is 50.0 Å². The number of nitrogens with one attached hydrogen (secondary N) is 2. The molecule has 1 aromatic carbocycles. The average Bonchev–Trinajstić information content (AvgIpc) is 3.06. The van der Waals surface area contributed by atoms with E-state index in [-0.39, 0.29) is 24.7 Å². The van der Waals surface area contributed by atoms with Gasteiger partial charge in [-0.3, -0.25) is 4.90 Å². The number of carbonyl (C=O) groups is 1. The lowest BCUT2D eigenvalue weighted by Gasteiger charge is -2.40. The minimum absolute atomic E-state index is 0.160. The van der Waals surface area contributed by atoms with Gasteiger partial charge in [-0.15, -0.1) is 0 Å². The summed E-state index contributed by atoms with van der Waals surface area (Å²) in [6, 6.07) is 5.33. The number of urea groups is 1. The van der Waals surface area contributed by atoms with Gasteiger partial charge in [0.25, 0.3) is 0 Å². The van der Waals surface area contributed by atoms with Crippen LogP contribution in [0.25, 0.3) is 16.5 Å². The van der Waals surface area contributed by atoms with Crippen LogP contribution in [0, 0.1) is 0 Å². The van der Waals surface area contributed by atoms with Crippen LogP contribution < -0.4 is 5.32 Å². The lowest BCUT2D eigenvalue weighted by atomic mass is 9.81. The quantitative estimate of drug-likeness (QED) is 0.902. The Morgan fingerprint density at radius 1 is 1.44 bits per heavy atom. The molecule has 0 fully saturated rings. The van der Waals surface area contributed by atoms with E-state index >= 15 is 0 Å². The van der Waals surface area contributed by atoms with Crippen LogP contribution in [0.15, 0.2) is 30.5 Å². The Kier molecular flexibility index (Phi) is 3.24. The first kappa shape index (κ1) is 13.0. The molecule has 1 aliphatic carbocycles. The Balaban J connectivity index is 1.75. The molecule has 1 aromatic heterocycles. The third kappa shape index (κ3) is 2.63. The molecule has 2 N–H and O–H groups in total. The normalized spacial score (nSPS) is 24.7. The number of aromatic nitrogens is 1. The Bertz CT molecular complexity index is 929. The highest BCUT2D eigenvalue weighted by Gasteiger charge is 2.34. The molecule has 25 heavy (non-hydrogen) atoms. The molecule has 2 amide bonds. The van der Waals surface area contributed by atoms with Crippen molar-refractivity contribution in [2.45, 2.75) is 32.4 Å². The molecule has 132 valence electrons. The van der Waals surface area contributed by atoms with Crippen LogP contribution in [0.4, 0.5) is 4.79 Å². The van der Waals surface area contributed by atoms with Gasteiger partial charge in [0.2, 0.25) is 0 Å². The van der Waals surface area contributed by atoms with Crippen molar-refractivity contribution in [1.82, 2.24) is 20.1 Å². The summed E-state index contributed by atoms with van der Waals surface area (Å²) in [7, 11) is 0. The summed E-state index contributed by atoms with van der Waals surface area (Å²) in [5.41, 5.74) is 4.25. The summed E-state index contributed by atoms with van der Waals surface area (Å²) in [4.78, 5) is 19.1. The largest absolute Gasteiger partial charge is 0.361 e. The van der Waals surface area contributed by atoms with Crippen molar-refractivity contribution in [3.8, 4) is 0 Å². The van der Waals surface area contributed by atoms with Crippen LogP contribution >= 0.6 is 0 Å². The molecule has 0 radical (unpaired) electrons. The zero-order valence-corrected chi connectivity index (χ0v) is 14.7. The molecule has 2 heterocycles. The summed E-state index contributed by atoms with van der Waals surface area (Å²) in [6.45, 7) is 3.13. The maximum atomic E-state index is 12.6. The predicted octanol–water partition coefficient (Wildman–Crippen LogP) is 2.84. The smallest absolute Gasteiger partial charge is 0.317 e. The number of carbonyl (C=O) groups excluding carboxylic acids is 1. The Morgan fingerprint density at radius 2 is 2.28 bits per heavy atom. The highest BCUT2D eigenvalue weighted by atomic mass is 16.2. The van der Waals surface area contributed by atoms with E-state index in [4.69, 9.17) is 4.11 Å². The molecule has 1 aliphatic heterocycles. The van der Waals surface area contributed by atoms with Crippen LogP contribution in [0.1, 0.15) is 29.1 Å². The molecule has 0 saturated carbocycles. The Labute approximate surface area is 152 Å². The summed E-state index contributed by atoms with van der Waals surface area (Å²) < 4.78 is 24.2. The van der Waals surface area contributed by atoms with Crippen LogP contribution in [0.5, 0.6) is 0 Å². The first-order chi connectivity index (χ1) is 13.3. The molecule has 4 rings (SSSR count). The molecule has 0 bridgehead atoms. The van der Waals surface area contributed by atoms with E-state index in [0.717, 1.165) is 27.6 Å². The van der Waals surface area contributed by atoms with Crippen molar-refractivity contribution in [2.24, 2.45) is 0 Å². The first-order valence-corrected chi connectivity index (χ1v) is 8.96. The number of hydrogen-bond acceptors (Lipinski definition) is 2. The van der Waals surface area contributed by atoms with Crippen LogP contribution in [-0.4, -0.2) is 59.5 Å². The maximum Gasteiger partial charge on any atom is 0.317 e. The minimum atomic E-state index is -2.23. The van der Waals surface area contributed by atoms with E-state index in [2.05, 4.69) is 16.4 Å². The number of aromatic amines is 1. The summed E-state index contributed by atoms with van der Waals surface area (Å²) >= 11 is 0. The second-order valence-corrected chi connectivity index (χ2v) is 6.76. The maximum absolute atomic E-state index is 12.6. The number of fused-ring (bicyclic) bond motifs is 2. The van der Waals surface area contributed by atoms with Gasteiger partial charge in [-0.1, -0.05) is 18.2 Å². The number of hydrogen-bond donors (Lipinski definition) is 2. The molecular weight excluding hydrogens is 312 g/mol. The highest BCUT2D eigenvalue weighted by Crippen LogP contribution is 2.39. The molecule has 5 heteroatoms. The second kappa shape index (κ2) is 6.23. The van der Waals surface area contributed by atoms with Crippen LogP contribution in [0.3, 0.4) is 0 Å². The lowest BCUT2D eigenvalue weighted by molar-refractivity contribution is 0.193. The standard InChI is InChI=1S/C20H26N4O/c1-4-24(5-2)20(25)22-14-10-16-15-7-6-8-17-19(15)13(11-21-17)9-18(16)23(3)12-14/h6-8,10-11,14,18,21H,4-5,9,12H2,1-3H3,(H,22,25)/t14-,18?/m0/s1/i3D3. The lowest BCUT2D eigenvalue weighted by Crippen LogP contribution is -2.52. The fraction of sp³-hybridized carbons (Fsp3) is 0.450. The number of nitrogens with zero attached hydrogens (tertiary/aromatic N) is 2. The number of amides is 2. The van der Waals surface area contributed by atoms with Gasteiger partial charge in [0, 0.05) is 46.9 Å². The summed E-state index contributed by atoms with van der Waals surface area (Å²) in [5.74, 6) is 0. The second-order valence-electron chi connectivity index (χ2n) is 6.76. The predicted molar refractivity (Wildman–Crippen MR) is 102 cm³/mol. The Morgan fingerprint density at radius 3 is 3.04 bits per heavy atom. The molecule has 2 aliphatic rings. The van der Waals surface area contributed by atoms with Gasteiger partial charge in [0.05, 0.1) is 6.04 Å². The molecule has 0 saturated heterocycles. The van der Waals surface area contributed by atoms with Gasteiger partial charge >= 0.3 is 6.03 Å². The summed E-state index contributed by atoms with van der Waals surface area (Å²) in [6.07, 6.45) is 4.69. The topological polar surface area (TPSA) is 51.4 Å². The van der Waals surface area contributed by atoms with E-state index in [1.54, 1.807) is 9.80 Å². The molecule has 2 aromatic rings. The minimum Gasteiger partial charge on any atom is -0.361 e. The first-order valence-electron chi connectivity index (χ1n) is 10.5. The Hall–Kier alpha value is -2.27. The van der Waals surface area contributed by atoms with Crippen LogP contribution in [-0.2, 0) is 6.42 Å². The number of likely N-dealkylation sites (N-methyl/N-ethyl adjacent to an activating group) is 1. The van der Waals surface area contributed by atoms with Crippen LogP contribution in [0.2, 0.25) is 0 Å². The highest BCUT2D eigenvalue weighted by molar-refractivity contribution is 5.98. The molecule has 2 atom stereocenters. The van der Waals surface area contributed by atoms with Gasteiger partial charge in [0.1, 0.15) is 0 Å². The fourth-order valence-electron chi connectivity index (χ4n) is 4.09. The average molecular weight is 341 g/mol. The molecule has 5 nitrogen and oxygen atoms in total. The van der Waals surface area contributed by atoms with E-state index in [0.29, 0.717) is 19.5 Å². The zero-order chi connectivity index (χ0) is 20.1. The molecule has 1 unspecified atom stereocenters. The third-order valence-corrected chi connectivity index (χ3v) is 5.38.